The minimum atomic E-state index is 0.573. The first-order valence-corrected chi connectivity index (χ1v) is 9.36. The van der Waals surface area contributed by atoms with Crippen LogP contribution in [-0.4, -0.2) is 23.3 Å². The van der Waals surface area contributed by atoms with Crippen molar-refractivity contribution >= 4 is 11.6 Å². The molecule has 3 aromatic rings. The predicted molar refractivity (Wildman–Crippen MR) is 108 cm³/mol. The van der Waals surface area contributed by atoms with E-state index < -0.39 is 0 Å². The van der Waals surface area contributed by atoms with Gasteiger partial charge in [-0.3, -0.25) is 0 Å². The number of hydrogen-bond acceptors (Lipinski definition) is 4. The SMILES string of the molecule is CCCOc1c(Cl)cc(CNCc2ccc(-n3ccnc3)cc2)cc1OC. The lowest BCUT2D eigenvalue weighted by Gasteiger charge is -2.14. The molecule has 0 saturated carbocycles. The van der Waals surface area contributed by atoms with Gasteiger partial charge in [-0.25, -0.2) is 4.98 Å². The van der Waals surface area contributed by atoms with E-state index in [1.54, 1.807) is 19.6 Å². The predicted octanol–water partition coefficient (Wildman–Crippen LogP) is 4.61. The van der Waals surface area contributed by atoms with E-state index in [0.717, 1.165) is 24.2 Å². The number of imidazole rings is 1. The Labute approximate surface area is 164 Å². The first-order valence-electron chi connectivity index (χ1n) is 8.98. The normalized spacial score (nSPS) is 10.8. The quantitative estimate of drug-likeness (QED) is 0.584. The Balaban J connectivity index is 1.59. The largest absolute Gasteiger partial charge is 0.493 e. The van der Waals surface area contributed by atoms with Crippen molar-refractivity contribution in [1.29, 1.82) is 0 Å². The maximum absolute atomic E-state index is 6.37. The van der Waals surface area contributed by atoms with Crippen molar-refractivity contribution in [1.82, 2.24) is 14.9 Å². The highest BCUT2D eigenvalue weighted by molar-refractivity contribution is 6.32. The third-order valence-corrected chi connectivity index (χ3v) is 4.42. The van der Waals surface area contributed by atoms with Gasteiger partial charge < -0.3 is 19.4 Å². The van der Waals surface area contributed by atoms with E-state index in [4.69, 9.17) is 21.1 Å². The van der Waals surface area contributed by atoms with Gasteiger partial charge in [0.2, 0.25) is 0 Å². The van der Waals surface area contributed by atoms with Gasteiger partial charge in [-0.1, -0.05) is 30.7 Å². The smallest absolute Gasteiger partial charge is 0.179 e. The molecule has 1 N–H and O–H groups in total. The van der Waals surface area contributed by atoms with E-state index in [0.29, 0.717) is 29.7 Å². The molecule has 0 saturated heterocycles. The standard InChI is InChI=1S/C21H24ClN3O2/c1-3-10-27-21-19(22)11-17(12-20(21)26-2)14-24-13-16-4-6-18(7-5-16)25-9-8-23-15-25/h4-9,11-12,15,24H,3,10,13-14H2,1-2H3. The molecule has 27 heavy (non-hydrogen) atoms. The average molecular weight is 386 g/mol. The number of hydrogen-bond donors (Lipinski definition) is 1. The summed E-state index contributed by atoms with van der Waals surface area (Å²) in [5, 5.41) is 4.01. The summed E-state index contributed by atoms with van der Waals surface area (Å²) < 4.78 is 13.1. The van der Waals surface area contributed by atoms with Gasteiger partial charge in [0.1, 0.15) is 0 Å². The Morgan fingerprint density at radius 2 is 1.89 bits per heavy atom. The summed E-state index contributed by atoms with van der Waals surface area (Å²) in [6.45, 7) is 4.12. The lowest BCUT2D eigenvalue weighted by atomic mass is 10.1. The number of halogens is 1. The van der Waals surface area contributed by atoms with Crippen LogP contribution in [0.4, 0.5) is 0 Å². The molecular formula is C21H24ClN3O2. The number of nitrogens with zero attached hydrogens (tertiary/aromatic N) is 2. The molecule has 2 aromatic carbocycles. The minimum Gasteiger partial charge on any atom is -0.493 e. The third-order valence-electron chi connectivity index (χ3n) is 4.14. The topological polar surface area (TPSA) is 48.3 Å². The Bertz CT molecular complexity index is 849. The molecule has 6 heteroatoms. The van der Waals surface area contributed by atoms with Crippen LogP contribution >= 0.6 is 11.6 Å². The molecule has 0 aliphatic rings. The zero-order valence-corrected chi connectivity index (χ0v) is 16.4. The number of methoxy groups -OCH3 is 1. The van der Waals surface area contributed by atoms with Crippen LogP contribution in [0.2, 0.25) is 5.02 Å². The first kappa shape index (κ1) is 19.3. The Hall–Kier alpha value is -2.50. The molecule has 0 aliphatic carbocycles. The van der Waals surface area contributed by atoms with Crippen LogP contribution in [0, 0.1) is 0 Å². The molecule has 1 aromatic heterocycles. The number of aromatic nitrogens is 2. The van der Waals surface area contributed by atoms with Crippen molar-refractivity contribution in [2.75, 3.05) is 13.7 Å². The fourth-order valence-corrected chi connectivity index (χ4v) is 3.06. The monoisotopic (exact) mass is 385 g/mol. The van der Waals surface area contributed by atoms with Gasteiger partial charge >= 0.3 is 0 Å². The highest BCUT2D eigenvalue weighted by atomic mass is 35.5. The summed E-state index contributed by atoms with van der Waals surface area (Å²) in [7, 11) is 1.63. The molecule has 3 rings (SSSR count). The molecule has 0 spiro atoms. The summed E-state index contributed by atoms with van der Waals surface area (Å²) >= 11 is 6.37. The summed E-state index contributed by atoms with van der Waals surface area (Å²) in [5.41, 5.74) is 3.35. The number of ether oxygens (including phenoxy) is 2. The minimum absolute atomic E-state index is 0.573. The molecule has 0 unspecified atom stereocenters. The van der Waals surface area contributed by atoms with Crippen molar-refractivity contribution < 1.29 is 9.47 Å². The molecule has 5 nitrogen and oxygen atoms in total. The van der Waals surface area contributed by atoms with Crippen molar-refractivity contribution in [2.24, 2.45) is 0 Å². The second kappa shape index (κ2) is 9.44. The lowest BCUT2D eigenvalue weighted by molar-refractivity contribution is 0.294. The van der Waals surface area contributed by atoms with E-state index in [9.17, 15) is 0 Å². The molecule has 0 atom stereocenters. The molecule has 1 heterocycles. The van der Waals surface area contributed by atoms with Crippen LogP contribution in [0.25, 0.3) is 5.69 Å². The van der Waals surface area contributed by atoms with Gasteiger partial charge in [0, 0.05) is 31.2 Å². The molecule has 0 bridgehead atoms. The maximum Gasteiger partial charge on any atom is 0.179 e. The fraction of sp³-hybridized carbons (Fsp3) is 0.286. The van der Waals surface area contributed by atoms with Crippen molar-refractivity contribution in [2.45, 2.75) is 26.4 Å². The average Bonchev–Trinajstić information content (AvgIpc) is 3.22. The van der Waals surface area contributed by atoms with Gasteiger partial charge in [-0.2, -0.15) is 0 Å². The highest BCUT2D eigenvalue weighted by Crippen LogP contribution is 2.36. The Kier molecular flexibility index (Phi) is 6.74. The van der Waals surface area contributed by atoms with E-state index in [-0.39, 0.29) is 0 Å². The highest BCUT2D eigenvalue weighted by Gasteiger charge is 2.11. The molecular weight excluding hydrogens is 362 g/mol. The van der Waals surface area contributed by atoms with Crippen molar-refractivity contribution in [3.8, 4) is 17.2 Å². The molecule has 0 radical (unpaired) electrons. The fourth-order valence-electron chi connectivity index (χ4n) is 2.77. The van der Waals surface area contributed by atoms with E-state index in [1.807, 2.05) is 22.9 Å². The van der Waals surface area contributed by atoms with Crippen molar-refractivity contribution in [3.05, 3.63) is 71.3 Å². The lowest BCUT2D eigenvalue weighted by Crippen LogP contribution is -2.13. The summed E-state index contributed by atoms with van der Waals surface area (Å²) in [6, 6.07) is 12.3. The zero-order valence-electron chi connectivity index (χ0n) is 15.6. The second-order valence-electron chi connectivity index (χ2n) is 6.20. The van der Waals surface area contributed by atoms with E-state index in [1.165, 1.54) is 5.56 Å². The Morgan fingerprint density at radius 1 is 1.11 bits per heavy atom. The summed E-state index contributed by atoms with van der Waals surface area (Å²) in [5.74, 6) is 1.28. The van der Waals surface area contributed by atoms with Crippen LogP contribution in [0.5, 0.6) is 11.5 Å². The third kappa shape index (κ3) is 5.02. The van der Waals surface area contributed by atoms with Gasteiger partial charge in [0.15, 0.2) is 11.5 Å². The van der Waals surface area contributed by atoms with Crippen LogP contribution in [0.3, 0.4) is 0 Å². The van der Waals surface area contributed by atoms with Gasteiger partial charge in [-0.05, 0) is 41.8 Å². The van der Waals surface area contributed by atoms with Crippen molar-refractivity contribution in [3.63, 3.8) is 0 Å². The number of rotatable bonds is 9. The van der Waals surface area contributed by atoms with Crippen LogP contribution in [0.15, 0.2) is 55.1 Å². The number of nitrogens with one attached hydrogen (secondary N) is 1. The second-order valence-corrected chi connectivity index (χ2v) is 6.60. The van der Waals surface area contributed by atoms with E-state index in [2.05, 4.69) is 41.5 Å². The molecule has 0 aliphatic heterocycles. The summed E-state index contributed by atoms with van der Waals surface area (Å²) in [6.07, 6.45) is 6.41. The number of benzene rings is 2. The first-order chi connectivity index (χ1) is 13.2. The zero-order chi connectivity index (χ0) is 19.1. The van der Waals surface area contributed by atoms with E-state index >= 15 is 0 Å². The van der Waals surface area contributed by atoms with Crippen LogP contribution < -0.4 is 14.8 Å². The van der Waals surface area contributed by atoms with Crippen LogP contribution in [0.1, 0.15) is 24.5 Å². The molecule has 0 amide bonds. The molecule has 142 valence electrons. The van der Waals surface area contributed by atoms with Gasteiger partial charge in [0.25, 0.3) is 0 Å². The van der Waals surface area contributed by atoms with Crippen LogP contribution in [-0.2, 0) is 13.1 Å². The Morgan fingerprint density at radius 3 is 2.56 bits per heavy atom. The maximum atomic E-state index is 6.37. The van der Waals surface area contributed by atoms with Gasteiger partial charge in [0.05, 0.1) is 25.1 Å². The molecule has 0 fully saturated rings. The van der Waals surface area contributed by atoms with Gasteiger partial charge in [-0.15, -0.1) is 0 Å². The summed E-state index contributed by atoms with van der Waals surface area (Å²) in [4.78, 5) is 4.07.